The molecule has 1 saturated heterocycles. The summed E-state index contributed by atoms with van der Waals surface area (Å²) in [6.45, 7) is 1.39. The van der Waals surface area contributed by atoms with Crippen molar-refractivity contribution in [2.24, 2.45) is 0 Å². The predicted octanol–water partition coefficient (Wildman–Crippen LogP) is 3.99. The maximum Gasteiger partial charge on any atom is 0.343 e. The van der Waals surface area contributed by atoms with Crippen LogP contribution >= 0.6 is 0 Å². The minimum absolute atomic E-state index is 0.172. The molecular weight excluding hydrogens is 366 g/mol. The molecule has 0 aliphatic carbocycles. The summed E-state index contributed by atoms with van der Waals surface area (Å²) in [6, 6.07) is 18.6. The number of carbonyl (C=O) groups is 2. The molecule has 2 aromatic carbocycles. The number of piperidine rings is 1. The molecule has 2 heterocycles. The molecule has 1 fully saturated rings. The minimum atomic E-state index is -0.972. The van der Waals surface area contributed by atoms with E-state index in [9.17, 15) is 9.59 Å². The lowest BCUT2D eigenvalue weighted by atomic mass is 10.1. The Kier molecular flexibility index (Phi) is 5.70. The number of nitrogens with one attached hydrogen (secondary N) is 1. The molecule has 1 aliphatic rings. The van der Waals surface area contributed by atoms with Crippen LogP contribution in [-0.4, -0.2) is 40.1 Å². The number of hydrogen-bond donors (Lipinski definition) is 1. The fraction of sp³-hybridized carbons (Fsp3) is 0.261. The van der Waals surface area contributed by atoms with Crippen molar-refractivity contribution in [1.29, 1.82) is 0 Å². The highest BCUT2D eigenvalue weighted by Gasteiger charge is 2.31. The molecule has 0 spiro atoms. The Morgan fingerprint density at radius 2 is 1.59 bits per heavy atom. The van der Waals surface area contributed by atoms with Crippen LogP contribution in [-0.2, 0) is 9.53 Å². The summed E-state index contributed by atoms with van der Waals surface area (Å²) in [6.07, 6.45) is 3.54. The lowest BCUT2D eigenvalue weighted by Crippen LogP contribution is -2.40. The molecule has 1 atom stereocenters. The van der Waals surface area contributed by atoms with Gasteiger partial charge in [-0.15, -0.1) is 0 Å². The smallest absolute Gasteiger partial charge is 0.343 e. The molecule has 1 aromatic heterocycles. The highest BCUT2D eigenvalue weighted by molar-refractivity contribution is 5.97. The molecule has 0 saturated carbocycles. The number of rotatable bonds is 5. The van der Waals surface area contributed by atoms with Crippen LogP contribution in [0.4, 0.5) is 0 Å². The van der Waals surface area contributed by atoms with Crippen molar-refractivity contribution < 1.29 is 14.3 Å². The van der Waals surface area contributed by atoms with Gasteiger partial charge in [-0.1, -0.05) is 60.7 Å². The van der Waals surface area contributed by atoms with Crippen molar-refractivity contribution in [1.82, 2.24) is 15.1 Å². The molecule has 1 unspecified atom stereocenters. The number of H-pyrrole nitrogens is 1. The molecule has 1 aliphatic heterocycles. The van der Waals surface area contributed by atoms with Gasteiger partial charge in [0, 0.05) is 24.2 Å². The molecular formula is C23H23N3O3. The van der Waals surface area contributed by atoms with Gasteiger partial charge < -0.3 is 9.64 Å². The standard InChI is InChI=1S/C23H23N3O3/c27-22(26-14-8-3-9-15-26)21(18-12-6-2-7-13-18)29-23(28)19-16-24-25-20(19)17-10-4-1-5-11-17/h1-2,4-7,10-13,16,21H,3,8-9,14-15H2,(H,24,25). The molecule has 0 bridgehead atoms. The van der Waals surface area contributed by atoms with Crippen LogP contribution in [0.3, 0.4) is 0 Å². The van der Waals surface area contributed by atoms with Crippen LogP contribution < -0.4 is 0 Å². The number of likely N-dealkylation sites (tertiary alicyclic amines) is 1. The topological polar surface area (TPSA) is 75.3 Å². The third kappa shape index (κ3) is 4.21. The van der Waals surface area contributed by atoms with E-state index in [2.05, 4.69) is 10.2 Å². The number of esters is 1. The van der Waals surface area contributed by atoms with Crippen LogP contribution in [0, 0.1) is 0 Å². The molecule has 1 N–H and O–H groups in total. The third-order valence-electron chi connectivity index (χ3n) is 5.14. The lowest BCUT2D eigenvalue weighted by molar-refractivity contribution is -0.142. The number of nitrogens with zero attached hydrogens (tertiary/aromatic N) is 2. The first kappa shape index (κ1) is 18.9. The summed E-state index contributed by atoms with van der Waals surface area (Å²) < 4.78 is 5.77. The fourth-order valence-corrected chi connectivity index (χ4v) is 3.61. The molecule has 29 heavy (non-hydrogen) atoms. The molecule has 0 radical (unpaired) electrons. The van der Waals surface area contributed by atoms with Gasteiger partial charge in [0.2, 0.25) is 6.10 Å². The number of amides is 1. The van der Waals surface area contributed by atoms with Gasteiger partial charge in [-0.25, -0.2) is 4.79 Å². The first-order valence-corrected chi connectivity index (χ1v) is 9.87. The van der Waals surface area contributed by atoms with Crippen LogP contribution in [0.5, 0.6) is 0 Å². The maximum absolute atomic E-state index is 13.2. The summed E-state index contributed by atoms with van der Waals surface area (Å²) >= 11 is 0. The second kappa shape index (κ2) is 8.73. The lowest BCUT2D eigenvalue weighted by Gasteiger charge is -2.30. The summed E-state index contributed by atoms with van der Waals surface area (Å²) in [7, 11) is 0. The Labute approximate surface area is 169 Å². The van der Waals surface area contributed by atoms with E-state index in [1.165, 1.54) is 6.20 Å². The zero-order valence-electron chi connectivity index (χ0n) is 16.1. The largest absolute Gasteiger partial charge is 0.444 e. The molecule has 148 valence electrons. The van der Waals surface area contributed by atoms with Gasteiger partial charge >= 0.3 is 5.97 Å². The number of aromatic nitrogens is 2. The Morgan fingerprint density at radius 1 is 0.931 bits per heavy atom. The highest BCUT2D eigenvalue weighted by atomic mass is 16.5. The molecule has 1 amide bonds. The van der Waals surface area contributed by atoms with Gasteiger partial charge in [0.15, 0.2) is 0 Å². The van der Waals surface area contributed by atoms with Gasteiger partial charge in [-0.3, -0.25) is 9.89 Å². The first-order valence-electron chi connectivity index (χ1n) is 9.87. The number of hydrogen-bond acceptors (Lipinski definition) is 4. The highest BCUT2D eigenvalue weighted by Crippen LogP contribution is 2.27. The van der Waals surface area contributed by atoms with E-state index in [0.29, 0.717) is 29.9 Å². The fourth-order valence-electron chi connectivity index (χ4n) is 3.61. The van der Waals surface area contributed by atoms with E-state index in [1.807, 2.05) is 60.7 Å². The van der Waals surface area contributed by atoms with Gasteiger partial charge in [-0.05, 0) is 19.3 Å². The summed E-state index contributed by atoms with van der Waals surface area (Å²) in [5.41, 5.74) is 2.38. The quantitative estimate of drug-likeness (QED) is 0.670. The van der Waals surface area contributed by atoms with Crippen LogP contribution in [0.1, 0.15) is 41.3 Å². The number of carbonyl (C=O) groups excluding carboxylic acids is 2. The van der Waals surface area contributed by atoms with Gasteiger partial charge in [0.05, 0.1) is 11.9 Å². The molecule has 6 heteroatoms. The van der Waals surface area contributed by atoms with Crippen molar-refractivity contribution in [2.75, 3.05) is 13.1 Å². The van der Waals surface area contributed by atoms with E-state index in [-0.39, 0.29) is 5.91 Å². The maximum atomic E-state index is 13.2. The van der Waals surface area contributed by atoms with Crippen LogP contribution in [0.2, 0.25) is 0 Å². The normalized spacial score (nSPS) is 15.0. The Bertz CT molecular complexity index is 963. The zero-order valence-corrected chi connectivity index (χ0v) is 16.1. The van der Waals surface area contributed by atoms with Crippen LogP contribution in [0.15, 0.2) is 66.9 Å². The van der Waals surface area contributed by atoms with Crippen molar-refractivity contribution >= 4 is 11.9 Å². The predicted molar refractivity (Wildman–Crippen MR) is 109 cm³/mol. The summed E-state index contributed by atoms with van der Waals surface area (Å²) in [5, 5.41) is 6.88. The second-order valence-electron chi connectivity index (χ2n) is 7.11. The van der Waals surface area contributed by atoms with E-state index in [0.717, 1.165) is 24.8 Å². The number of aromatic amines is 1. The molecule has 3 aromatic rings. The number of ether oxygens (including phenoxy) is 1. The van der Waals surface area contributed by atoms with E-state index < -0.39 is 12.1 Å². The van der Waals surface area contributed by atoms with Gasteiger partial charge in [-0.2, -0.15) is 5.10 Å². The van der Waals surface area contributed by atoms with E-state index in [4.69, 9.17) is 4.74 Å². The molecule has 6 nitrogen and oxygen atoms in total. The van der Waals surface area contributed by atoms with Gasteiger partial charge in [0.25, 0.3) is 5.91 Å². The van der Waals surface area contributed by atoms with Crippen molar-refractivity contribution in [3.63, 3.8) is 0 Å². The van der Waals surface area contributed by atoms with Crippen molar-refractivity contribution in [2.45, 2.75) is 25.4 Å². The van der Waals surface area contributed by atoms with E-state index >= 15 is 0 Å². The molecule has 4 rings (SSSR count). The Balaban J connectivity index is 1.61. The zero-order chi connectivity index (χ0) is 20.1. The summed E-state index contributed by atoms with van der Waals surface area (Å²) in [5.74, 6) is -0.745. The van der Waals surface area contributed by atoms with Gasteiger partial charge in [0.1, 0.15) is 5.56 Å². The van der Waals surface area contributed by atoms with E-state index in [1.54, 1.807) is 4.90 Å². The monoisotopic (exact) mass is 389 g/mol. The second-order valence-corrected chi connectivity index (χ2v) is 7.11. The SMILES string of the molecule is O=C(OC(C(=O)N1CCCCC1)c1ccccc1)c1cn[nH]c1-c1ccccc1. The Hall–Kier alpha value is -3.41. The third-order valence-corrected chi connectivity index (χ3v) is 5.14. The average Bonchev–Trinajstić information content (AvgIpc) is 3.29. The van der Waals surface area contributed by atoms with Crippen molar-refractivity contribution in [3.05, 3.63) is 78.0 Å². The summed E-state index contributed by atoms with van der Waals surface area (Å²) in [4.78, 5) is 28.0. The van der Waals surface area contributed by atoms with Crippen molar-refractivity contribution in [3.8, 4) is 11.3 Å². The average molecular weight is 389 g/mol. The minimum Gasteiger partial charge on any atom is -0.444 e. The number of benzene rings is 2. The first-order chi connectivity index (χ1) is 14.2. The Morgan fingerprint density at radius 3 is 2.28 bits per heavy atom. The van der Waals surface area contributed by atoms with Crippen LogP contribution in [0.25, 0.3) is 11.3 Å².